The van der Waals surface area contributed by atoms with Crippen LogP contribution in [0.5, 0.6) is 0 Å². The Balaban J connectivity index is 1.84. The fraction of sp³-hybridized carbons (Fsp3) is 0.357. The zero-order chi connectivity index (χ0) is 14.4. The van der Waals surface area contributed by atoms with Crippen molar-refractivity contribution in [2.75, 3.05) is 6.54 Å². The van der Waals surface area contributed by atoms with Crippen LogP contribution in [0.1, 0.15) is 24.7 Å². The van der Waals surface area contributed by atoms with Gasteiger partial charge >= 0.3 is 0 Å². The summed E-state index contributed by atoms with van der Waals surface area (Å²) in [4.78, 5) is 6.80. The van der Waals surface area contributed by atoms with Crippen LogP contribution in [-0.2, 0) is 22.9 Å². The second-order valence-corrected chi connectivity index (χ2v) is 6.27. The van der Waals surface area contributed by atoms with Crippen LogP contribution in [0.2, 0.25) is 0 Å². The molecule has 2 N–H and O–H groups in total. The highest BCUT2D eigenvalue weighted by atomic mass is 32.2. The number of rotatable bonds is 7. The first-order valence-electron chi connectivity index (χ1n) is 6.69. The number of nitrogens with one attached hydrogen (secondary N) is 2. The molecule has 1 aromatic heterocycles. The standard InChI is InChI=1S/C14H19N3O2S/c1-2-13-15-11-14(17-13)20(18,19)16-10-6-9-12-7-4-3-5-8-12/h3-5,7-8,11,16H,2,6,9-10H2,1H3,(H,15,17). The Morgan fingerprint density at radius 2 is 2.00 bits per heavy atom. The number of sulfonamides is 1. The van der Waals surface area contributed by atoms with Gasteiger partial charge in [-0.15, -0.1) is 0 Å². The molecule has 20 heavy (non-hydrogen) atoms. The lowest BCUT2D eigenvalue weighted by Gasteiger charge is -2.04. The van der Waals surface area contributed by atoms with Gasteiger partial charge in [-0.1, -0.05) is 37.3 Å². The number of aryl methyl sites for hydroxylation is 2. The highest BCUT2D eigenvalue weighted by molar-refractivity contribution is 7.89. The van der Waals surface area contributed by atoms with Crippen molar-refractivity contribution >= 4 is 10.0 Å². The van der Waals surface area contributed by atoms with Crippen LogP contribution in [0, 0.1) is 0 Å². The number of benzene rings is 1. The molecule has 0 saturated heterocycles. The van der Waals surface area contributed by atoms with Gasteiger partial charge in [0.1, 0.15) is 5.82 Å². The minimum atomic E-state index is -3.47. The van der Waals surface area contributed by atoms with E-state index in [-0.39, 0.29) is 5.03 Å². The first-order valence-corrected chi connectivity index (χ1v) is 8.17. The molecule has 1 aromatic carbocycles. The van der Waals surface area contributed by atoms with Crippen molar-refractivity contribution in [3.63, 3.8) is 0 Å². The smallest absolute Gasteiger partial charge is 0.257 e. The zero-order valence-electron chi connectivity index (χ0n) is 11.5. The van der Waals surface area contributed by atoms with Crippen molar-refractivity contribution in [2.45, 2.75) is 31.2 Å². The summed E-state index contributed by atoms with van der Waals surface area (Å²) in [5.74, 6) is 0.676. The van der Waals surface area contributed by atoms with Crippen molar-refractivity contribution in [2.24, 2.45) is 0 Å². The van der Waals surface area contributed by atoms with E-state index in [1.807, 2.05) is 37.3 Å². The molecule has 1 heterocycles. The highest BCUT2D eigenvalue weighted by Gasteiger charge is 2.15. The molecule has 0 spiro atoms. The van der Waals surface area contributed by atoms with Gasteiger partial charge < -0.3 is 4.98 Å². The Labute approximate surface area is 119 Å². The largest absolute Gasteiger partial charge is 0.332 e. The molecule has 0 amide bonds. The second kappa shape index (κ2) is 6.67. The van der Waals surface area contributed by atoms with E-state index < -0.39 is 10.0 Å². The number of nitrogens with zero attached hydrogens (tertiary/aromatic N) is 1. The summed E-state index contributed by atoms with van der Waals surface area (Å²) in [6, 6.07) is 10.0. The molecule has 5 nitrogen and oxygen atoms in total. The molecule has 0 aliphatic heterocycles. The molecule has 0 aliphatic carbocycles. The normalized spacial score (nSPS) is 11.7. The van der Waals surface area contributed by atoms with Crippen LogP contribution in [-0.4, -0.2) is 24.9 Å². The lowest BCUT2D eigenvalue weighted by atomic mass is 10.1. The van der Waals surface area contributed by atoms with Crippen molar-refractivity contribution < 1.29 is 8.42 Å². The molecular formula is C14H19N3O2S. The van der Waals surface area contributed by atoms with Crippen LogP contribution in [0.3, 0.4) is 0 Å². The molecule has 2 rings (SSSR count). The van der Waals surface area contributed by atoms with Crippen molar-refractivity contribution in [3.05, 3.63) is 47.9 Å². The van der Waals surface area contributed by atoms with Gasteiger partial charge in [-0.2, -0.15) is 0 Å². The Bertz CT molecular complexity index is 635. The molecule has 2 aromatic rings. The van der Waals surface area contributed by atoms with E-state index in [9.17, 15) is 8.42 Å². The van der Waals surface area contributed by atoms with E-state index in [4.69, 9.17) is 0 Å². The molecule has 108 valence electrons. The summed E-state index contributed by atoms with van der Waals surface area (Å²) in [6.07, 6.45) is 3.66. The molecule has 0 fully saturated rings. The van der Waals surface area contributed by atoms with Crippen LogP contribution < -0.4 is 4.72 Å². The SMILES string of the molecule is CCc1ncc(S(=O)(=O)NCCCc2ccccc2)[nH]1. The Morgan fingerprint density at radius 1 is 1.25 bits per heavy atom. The van der Waals surface area contributed by atoms with Gasteiger partial charge in [-0.3, -0.25) is 0 Å². The third-order valence-electron chi connectivity index (χ3n) is 3.01. The third-order valence-corrected chi connectivity index (χ3v) is 4.38. The van der Waals surface area contributed by atoms with Gasteiger partial charge in [-0.05, 0) is 18.4 Å². The molecule has 0 bridgehead atoms. The monoisotopic (exact) mass is 293 g/mol. The number of hydrogen-bond acceptors (Lipinski definition) is 3. The summed E-state index contributed by atoms with van der Waals surface area (Å²) in [7, 11) is -3.47. The maximum absolute atomic E-state index is 12.0. The van der Waals surface area contributed by atoms with Crippen LogP contribution in [0.25, 0.3) is 0 Å². The number of aromatic amines is 1. The van der Waals surface area contributed by atoms with Gasteiger partial charge in [0.2, 0.25) is 0 Å². The molecule has 0 saturated carbocycles. The quantitative estimate of drug-likeness (QED) is 0.765. The maximum atomic E-state index is 12.0. The predicted molar refractivity (Wildman–Crippen MR) is 77.9 cm³/mol. The lowest BCUT2D eigenvalue weighted by molar-refractivity contribution is 0.575. The summed E-state index contributed by atoms with van der Waals surface area (Å²) in [6.45, 7) is 2.33. The average molecular weight is 293 g/mol. The predicted octanol–water partition coefficient (Wildman–Crippen LogP) is 1.88. The number of aromatic nitrogens is 2. The number of H-pyrrole nitrogens is 1. The maximum Gasteiger partial charge on any atom is 0.257 e. The van der Waals surface area contributed by atoms with Crippen molar-refractivity contribution in [3.8, 4) is 0 Å². The molecule has 0 aliphatic rings. The van der Waals surface area contributed by atoms with Crippen LogP contribution in [0.4, 0.5) is 0 Å². The van der Waals surface area contributed by atoms with Gasteiger partial charge in [0.25, 0.3) is 10.0 Å². The van der Waals surface area contributed by atoms with Gasteiger partial charge in [0.05, 0.1) is 6.20 Å². The zero-order valence-corrected chi connectivity index (χ0v) is 12.3. The summed E-state index contributed by atoms with van der Waals surface area (Å²) in [5.41, 5.74) is 1.21. The Hall–Kier alpha value is -1.66. The highest BCUT2D eigenvalue weighted by Crippen LogP contribution is 2.06. The average Bonchev–Trinajstić information content (AvgIpc) is 2.95. The Morgan fingerprint density at radius 3 is 2.65 bits per heavy atom. The summed E-state index contributed by atoms with van der Waals surface area (Å²) < 4.78 is 26.6. The summed E-state index contributed by atoms with van der Waals surface area (Å²) in [5, 5.41) is 0.133. The van der Waals surface area contributed by atoms with E-state index in [2.05, 4.69) is 14.7 Å². The van der Waals surface area contributed by atoms with Crippen LogP contribution in [0.15, 0.2) is 41.6 Å². The first-order chi connectivity index (χ1) is 9.62. The molecule has 6 heteroatoms. The van der Waals surface area contributed by atoms with E-state index in [0.29, 0.717) is 18.8 Å². The van der Waals surface area contributed by atoms with E-state index in [1.165, 1.54) is 11.8 Å². The first kappa shape index (κ1) is 14.7. The second-order valence-electron chi connectivity index (χ2n) is 4.53. The fourth-order valence-electron chi connectivity index (χ4n) is 1.88. The van der Waals surface area contributed by atoms with Gasteiger partial charge in [0, 0.05) is 13.0 Å². The third kappa shape index (κ3) is 3.91. The van der Waals surface area contributed by atoms with E-state index >= 15 is 0 Å². The van der Waals surface area contributed by atoms with Crippen molar-refractivity contribution in [1.29, 1.82) is 0 Å². The van der Waals surface area contributed by atoms with E-state index in [0.717, 1.165) is 12.8 Å². The molecule has 0 atom stereocenters. The van der Waals surface area contributed by atoms with Gasteiger partial charge in [-0.25, -0.2) is 18.1 Å². The topological polar surface area (TPSA) is 74.8 Å². The molecule has 0 unspecified atom stereocenters. The minimum Gasteiger partial charge on any atom is -0.332 e. The van der Waals surface area contributed by atoms with Crippen LogP contribution >= 0.6 is 0 Å². The number of hydrogen-bond donors (Lipinski definition) is 2. The fourth-order valence-corrected chi connectivity index (χ4v) is 2.89. The lowest BCUT2D eigenvalue weighted by Crippen LogP contribution is -2.25. The minimum absolute atomic E-state index is 0.133. The van der Waals surface area contributed by atoms with Gasteiger partial charge in [0.15, 0.2) is 5.03 Å². The molecule has 0 radical (unpaired) electrons. The Kier molecular flexibility index (Phi) is 4.92. The molecular weight excluding hydrogens is 274 g/mol. The van der Waals surface area contributed by atoms with Crippen molar-refractivity contribution in [1.82, 2.24) is 14.7 Å². The van der Waals surface area contributed by atoms with E-state index in [1.54, 1.807) is 0 Å². The number of imidazole rings is 1. The summed E-state index contributed by atoms with van der Waals surface area (Å²) >= 11 is 0.